The molecule has 2 heteroatoms. The first-order chi connectivity index (χ1) is 8.31. The summed E-state index contributed by atoms with van der Waals surface area (Å²) in [7, 11) is 0. The standard InChI is InChI=1S/C15H16N2/c1-12(11-16)17-10-9-14-7-4-6-13-5-2-3-8-15(13)14/h2-8,12,17H,9-10H2,1H3. The Kier molecular flexibility index (Phi) is 3.74. The molecule has 2 rings (SSSR count). The van der Waals surface area contributed by atoms with Crippen LogP contribution >= 0.6 is 0 Å². The molecular weight excluding hydrogens is 208 g/mol. The number of nitriles is 1. The van der Waals surface area contributed by atoms with Gasteiger partial charge in [0.25, 0.3) is 0 Å². The average molecular weight is 224 g/mol. The van der Waals surface area contributed by atoms with Crippen LogP contribution in [0.1, 0.15) is 12.5 Å². The summed E-state index contributed by atoms with van der Waals surface area (Å²) in [4.78, 5) is 0. The lowest BCUT2D eigenvalue weighted by Gasteiger charge is -2.08. The molecule has 0 spiro atoms. The molecule has 1 atom stereocenters. The van der Waals surface area contributed by atoms with Crippen molar-refractivity contribution in [2.75, 3.05) is 6.54 Å². The maximum absolute atomic E-state index is 8.69. The smallest absolute Gasteiger partial charge is 0.0924 e. The van der Waals surface area contributed by atoms with Crippen LogP contribution in [0.5, 0.6) is 0 Å². The van der Waals surface area contributed by atoms with Crippen molar-refractivity contribution in [3.63, 3.8) is 0 Å². The quantitative estimate of drug-likeness (QED) is 0.866. The van der Waals surface area contributed by atoms with E-state index >= 15 is 0 Å². The van der Waals surface area contributed by atoms with Crippen LogP contribution in [0.4, 0.5) is 0 Å². The molecule has 0 aliphatic heterocycles. The number of benzene rings is 2. The summed E-state index contributed by atoms with van der Waals surface area (Å²) >= 11 is 0. The highest BCUT2D eigenvalue weighted by Crippen LogP contribution is 2.18. The van der Waals surface area contributed by atoms with E-state index in [1.807, 2.05) is 6.92 Å². The van der Waals surface area contributed by atoms with Gasteiger partial charge < -0.3 is 5.32 Å². The van der Waals surface area contributed by atoms with Gasteiger partial charge in [-0.3, -0.25) is 0 Å². The first kappa shape index (κ1) is 11.6. The first-order valence-corrected chi connectivity index (χ1v) is 5.91. The summed E-state index contributed by atoms with van der Waals surface area (Å²) in [6.07, 6.45) is 0.952. The summed E-state index contributed by atoms with van der Waals surface area (Å²) in [5.74, 6) is 0. The third-order valence-corrected chi connectivity index (χ3v) is 2.92. The van der Waals surface area contributed by atoms with E-state index in [9.17, 15) is 0 Å². The third kappa shape index (κ3) is 2.83. The largest absolute Gasteiger partial charge is 0.302 e. The summed E-state index contributed by atoms with van der Waals surface area (Å²) in [5.41, 5.74) is 1.33. The van der Waals surface area contributed by atoms with E-state index in [0.29, 0.717) is 0 Å². The van der Waals surface area contributed by atoms with Crippen LogP contribution < -0.4 is 5.32 Å². The molecule has 1 N–H and O–H groups in total. The van der Waals surface area contributed by atoms with Crippen LogP contribution in [-0.2, 0) is 6.42 Å². The zero-order chi connectivity index (χ0) is 12.1. The van der Waals surface area contributed by atoms with Gasteiger partial charge in [-0.15, -0.1) is 0 Å². The van der Waals surface area contributed by atoms with Gasteiger partial charge in [-0.1, -0.05) is 42.5 Å². The lowest BCUT2D eigenvalue weighted by molar-refractivity contribution is 0.642. The normalized spacial score (nSPS) is 12.2. The maximum atomic E-state index is 8.69. The number of rotatable bonds is 4. The Morgan fingerprint density at radius 1 is 1.18 bits per heavy atom. The molecule has 1 unspecified atom stereocenters. The lowest BCUT2D eigenvalue weighted by Crippen LogP contribution is -2.26. The SMILES string of the molecule is CC(C#N)NCCc1cccc2ccccc12. The number of hydrogen-bond acceptors (Lipinski definition) is 2. The van der Waals surface area contributed by atoms with Crippen LogP contribution in [0, 0.1) is 11.3 Å². The molecule has 2 nitrogen and oxygen atoms in total. The van der Waals surface area contributed by atoms with Crippen molar-refractivity contribution >= 4 is 10.8 Å². The van der Waals surface area contributed by atoms with Gasteiger partial charge >= 0.3 is 0 Å². The summed E-state index contributed by atoms with van der Waals surface area (Å²) in [5, 5.41) is 14.5. The fourth-order valence-corrected chi connectivity index (χ4v) is 1.98. The van der Waals surface area contributed by atoms with Crippen LogP contribution in [0.2, 0.25) is 0 Å². The van der Waals surface area contributed by atoms with E-state index in [2.05, 4.69) is 53.9 Å². The van der Waals surface area contributed by atoms with E-state index in [1.54, 1.807) is 0 Å². The zero-order valence-electron chi connectivity index (χ0n) is 9.98. The van der Waals surface area contributed by atoms with Gasteiger partial charge in [-0.2, -0.15) is 5.26 Å². The Hall–Kier alpha value is -1.85. The molecule has 2 aromatic carbocycles. The molecule has 0 fully saturated rings. The average Bonchev–Trinajstić information content (AvgIpc) is 2.39. The van der Waals surface area contributed by atoms with E-state index in [4.69, 9.17) is 5.26 Å². The summed E-state index contributed by atoms with van der Waals surface area (Å²) < 4.78 is 0. The fourth-order valence-electron chi connectivity index (χ4n) is 1.98. The highest BCUT2D eigenvalue weighted by Gasteiger charge is 2.01. The van der Waals surface area contributed by atoms with Gasteiger partial charge in [0.15, 0.2) is 0 Å². The number of nitrogens with zero attached hydrogens (tertiary/aromatic N) is 1. The van der Waals surface area contributed by atoms with Gasteiger partial charge in [0.05, 0.1) is 12.1 Å². The molecule has 0 aliphatic carbocycles. The topological polar surface area (TPSA) is 35.8 Å². The molecule has 0 saturated carbocycles. The molecule has 2 aromatic rings. The van der Waals surface area contributed by atoms with Crippen LogP contribution in [0.15, 0.2) is 42.5 Å². The van der Waals surface area contributed by atoms with Crippen LogP contribution in [-0.4, -0.2) is 12.6 Å². The predicted molar refractivity (Wildman–Crippen MR) is 70.7 cm³/mol. The Balaban J connectivity index is 2.11. The number of fused-ring (bicyclic) bond motifs is 1. The lowest BCUT2D eigenvalue weighted by atomic mass is 10.0. The Labute approximate surface area is 102 Å². The number of nitrogens with one attached hydrogen (secondary N) is 1. The van der Waals surface area contributed by atoms with Crippen LogP contribution in [0.25, 0.3) is 10.8 Å². The minimum absolute atomic E-state index is 0.0787. The zero-order valence-corrected chi connectivity index (χ0v) is 9.98. The highest BCUT2D eigenvalue weighted by atomic mass is 14.9. The van der Waals surface area contributed by atoms with Crippen molar-refractivity contribution in [3.05, 3.63) is 48.0 Å². The molecule has 0 radical (unpaired) electrons. The van der Waals surface area contributed by atoms with Crippen LogP contribution in [0.3, 0.4) is 0 Å². The van der Waals surface area contributed by atoms with Gasteiger partial charge in [0.2, 0.25) is 0 Å². The van der Waals surface area contributed by atoms with Gasteiger partial charge in [0.1, 0.15) is 0 Å². The predicted octanol–water partition coefficient (Wildman–Crippen LogP) is 2.88. The Morgan fingerprint density at radius 2 is 1.94 bits per heavy atom. The first-order valence-electron chi connectivity index (χ1n) is 5.91. The molecule has 0 amide bonds. The monoisotopic (exact) mass is 224 g/mol. The van der Waals surface area contributed by atoms with Crippen molar-refractivity contribution in [2.45, 2.75) is 19.4 Å². The third-order valence-electron chi connectivity index (χ3n) is 2.92. The van der Waals surface area contributed by atoms with E-state index < -0.39 is 0 Å². The Morgan fingerprint density at radius 3 is 2.76 bits per heavy atom. The second kappa shape index (κ2) is 5.47. The molecule has 17 heavy (non-hydrogen) atoms. The maximum Gasteiger partial charge on any atom is 0.0924 e. The van der Waals surface area contributed by atoms with E-state index in [1.165, 1.54) is 16.3 Å². The van der Waals surface area contributed by atoms with Crippen molar-refractivity contribution < 1.29 is 0 Å². The van der Waals surface area contributed by atoms with Gasteiger partial charge in [-0.05, 0) is 29.7 Å². The second-order valence-corrected chi connectivity index (χ2v) is 4.19. The minimum Gasteiger partial charge on any atom is -0.302 e. The molecule has 86 valence electrons. The molecule has 0 heterocycles. The number of hydrogen-bond donors (Lipinski definition) is 1. The van der Waals surface area contributed by atoms with Gasteiger partial charge in [-0.25, -0.2) is 0 Å². The Bertz CT molecular complexity index is 535. The summed E-state index contributed by atoms with van der Waals surface area (Å²) in [6, 6.07) is 16.9. The van der Waals surface area contributed by atoms with Crippen molar-refractivity contribution in [1.29, 1.82) is 5.26 Å². The second-order valence-electron chi connectivity index (χ2n) is 4.19. The van der Waals surface area contributed by atoms with Gasteiger partial charge in [0, 0.05) is 6.54 Å². The van der Waals surface area contributed by atoms with E-state index in [-0.39, 0.29) is 6.04 Å². The minimum atomic E-state index is -0.0787. The van der Waals surface area contributed by atoms with Crippen molar-refractivity contribution in [3.8, 4) is 6.07 Å². The van der Waals surface area contributed by atoms with Crippen molar-refractivity contribution in [1.82, 2.24) is 5.32 Å². The van der Waals surface area contributed by atoms with Crippen molar-refractivity contribution in [2.24, 2.45) is 0 Å². The van der Waals surface area contributed by atoms with E-state index in [0.717, 1.165) is 13.0 Å². The fraction of sp³-hybridized carbons (Fsp3) is 0.267. The molecule has 0 aromatic heterocycles. The summed E-state index contributed by atoms with van der Waals surface area (Å²) in [6.45, 7) is 2.71. The molecule has 0 saturated heterocycles. The highest BCUT2D eigenvalue weighted by molar-refractivity contribution is 5.85. The molecule has 0 bridgehead atoms. The molecular formula is C15H16N2. The molecule has 0 aliphatic rings.